The molecule has 4 aromatic rings. The molecule has 3 aromatic heterocycles. The first-order valence-electron chi connectivity index (χ1n) is 9.73. The highest BCUT2D eigenvalue weighted by molar-refractivity contribution is 7.13. The Morgan fingerprint density at radius 3 is 2.77 bits per heavy atom. The number of hydrogen-bond donors (Lipinski definition) is 0. The van der Waals surface area contributed by atoms with Gasteiger partial charge < -0.3 is 9.32 Å². The zero-order valence-corrected chi connectivity index (χ0v) is 18.6. The normalized spacial score (nSPS) is 11.1. The zero-order valence-electron chi connectivity index (χ0n) is 17.0. The Hall–Kier alpha value is -3.10. The third kappa shape index (κ3) is 4.98. The van der Waals surface area contributed by atoms with E-state index in [0.717, 1.165) is 16.3 Å². The predicted molar refractivity (Wildman–Crippen MR) is 119 cm³/mol. The second-order valence-corrected chi connectivity index (χ2v) is 8.42. The Kier molecular flexibility index (Phi) is 6.39. The van der Waals surface area contributed by atoms with Gasteiger partial charge in [0.05, 0.1) is 29.2 Å². The van der Waals surface area contributed by atoms with Gasteiger partial charge in [0.1, 0.15) is 5.01 Å². The quantitative estimate of drug-likeness (QED) is 0.396. The molecule has 0 spiro atoms. The minimum Gasteiger partial charge on any atom is -0.419 e. The number of rotatable bonds is 7. The Bertz CT molecular complexity index is 1180. The van der Waals surface area contributed by atoms with Gasteiger partial charge in [0.2, 0.25) is 17.7 Å². The van der Waals surface area contributed by atoms with E-state index in [9.17, 15) is 4.79 Å². The molecule has 0 unspecified atom stereocenters. The maximum Gasteiger partial charge on any atom is 0.249 e. The highest BCUT2D eigenvalue weighted by Gasteiger charge is 2.22. The number of aromatic nitrogens is 4. The number of pyridine rings is 1. The summed E-state index contributed by atoms with van der Waals surface area (Å²) < 4.78 is 5.77. The molecule has 0 bridgehead atoms. The van der Waals surface area contributed by atoms with E-state index >= 15 is 0 Å². The molecule has 1 amide bonds. The van der Waals surface area contributed by atoms with Gasteiger partial charge in [-0.1, -0.05) is 23.7 Å². The number of benzene rings is 1. The second kappa shape index (κ2) is 9.36. The largest absolute Gasteiger partial charge is 0.419 e. The molecule has 0 saturated heterocycles. The number of hydrogen-bond acceptors (Lipinski definition) is 7. The van der Waals surface area contributed by atoms with Crippen molar-refractivity contribution in [1.29, 1.82) is 0 Å². The van der Waals surface area contributed by atoms with E-state index in [1.807, 2.05) is 49.6 Å². The fourth-order valence-electron chi connectivity index (χ4n) is 3.03. The van der Waals surface area contributed by atoms with Crippen molar-refractivity contribution in [2.75, 3.05) is 0 Å². The van der Waals surface area contributed by atoms with Crippen LogP contribution in [0.1, 0.15) is 25.4 Å². The van der Waals surface area contributed by atoms with Crippen molar-refractivity contribution in [2.45, 2.75) is 32.9 Å². The molecule has 0 radical (unpaired) electrons. The van der Waals surface area contributed by atoms with Gasteiger partial charge in [-0.2, -0.15) is 0 Å². The molecule has 9 heteroatoms. The van der Waals surface area contributed by atoms with Crippen molar-refractivity contribution in [1.82, 2.24) is 25.1 Å². The van der Waals surface area contributed by atoms with E-state index in [4.69, 9.17) is 16.0 Å². The highest BCUT2D eigenvalue weighted by Crippen LogP contribution is 2.27. The maximum absolute atomic E-state index is 13.0. The van der Waals surface area contributed by atoms with Gasteiger partial charge in [0, 0.05) is 29.4 Å². The van der Waals surface area contributed by atoms with E-state index in [-0.39, 0.29) is 24.9 Å². The van der Waals surface area contributed by atoms with E-state index in [0.29, 0.717) is 22.4 Å². The number of nitrogens with zero attached hydrogens (tertiary/aromatic N) is 5. The monoisotopic (exact) mass is 453 g/mol. The van der Waals surface area contributed by atoms with E-state index < -0.39 is 0 Å². The molecule has 0 saturated carbocycles. The zero-order chi connectivity index (χ0) is 21.8. The third-order valence-corrected chi connectivity index (χ3v) is 5.88. The van der Waals surface area contributed by atoms with E-state index in [1.165, 1.54) is 11.3 Å². The van der Waals surface area contributed by atoms with Crippen molar-refractivity contribution in [2.24, 2.45) is 0 Å². The van der Waals surface area contributed by atoms with Crippen LogP contribution in [0.3, 0.4) is 0 Å². The fraction of sp³-hybridized carbons (Fsp3) is 0.227. The highest BCUT2D eigenvalue weighted by atomic mass is 35.5. The summed E-state index contributed by atoms with van der Waals surface area (Å²) in [6, 6.07) is 11.0. The summed E-state index contributed by atoms with van der Waals surface area (Å²) >= 11 is 7.70. The van der Waals surface area contributed by atoms with Crippen LogP contribution in [-0.4, -0.2) is 37.0 Å². The molecule has 3 heterocycles. The summed E-state index contributed by atoms with van der Waals surface area (Å²) in [4.78, 5) is 23.4. The summed E-state index contributed by atoms with van der Waals surface area (Å²) in [6.45, 7) is 4.12. The topological polar surface area (TPSA) is 85.0 Å². The van der Waals surface area contributed by atoms with Gasteiger partial charge in [0.25, 0.3) is 0 Å². The number of thiazole rings is 1. The first-order chi connectivity index (χ1) is 15.0. The van der Waals surface area contributed by atoms with Crippen molar-refractivity contribution in [3.63, 3.8) is 0 Å². The first-order valence-corrected chi connectivity index (χ1v) is 11.0. The van der Waals surface area contributed by atoms with Crippen LogP contribution in [0, 0.1) is 0 Å². The summed E-state index contributed by atoms with van der Waals surface area (Å²) in [7, 11) is 0. The molecule has 0 aliphatic heterocycles. The third-order valence-electron chi connectivity index (χ3n) is 4.61. The summed E-state index contributed by atoms with van der Waals surface area (Å²) in [5, 5.41) is 11.5. The van der Waals surface area contributed by atoms with Crippen molar-refractivity contribution in [3.05, 3.63) is 70.8 Å². The molecule has 158 valence electrons. The smallest absolute Gasteiger partial charge is 0.249 e. The maximum atomic E-state index is 13.0. The second-order valence-electron chi connectivity index (χ2n) is 7.16. The average molecular weight is 454 g/mol. The molecular weight excluding hydrogens is 434 g/mol. The predicted octanol–water partition coefficient (Wildman–Crippen LogP) is 4.89. The minimum absolute atomic E-state index is 0.0420. The number of carbonyl (C=O) groups excluding carboxylic acids is 1. The standard InChI is InChI=1S/C22H20ClN5O2S/c1-14(2)28(12-19-26-27-21(30-19)17-7-3-4-8-18(17)23)20(29)10-16-13-31-22(25-16)15-6-5-9-24-11-15/h3-9,11,13-14H,10,12H2,1-2H3. The van der Waals surface area contributed by atoms with Crippen LogP contribution in [0.5, 0.6) is 0 Å². The minimum atomic E-state index is -0.0597. The van der Waals surface area contributed by atoms with Crippen LogP contribution in [0.25, 0.3) is 22.0 Å². The van der Waals surface area contributed by atoms with Crippen LogP contribution < -0.4 is 0 Å². The van der Waals surface area contributed by atoms with Gasteiger partial charge >= 0.3 is 0 Å². The lowest BCUT2D eigenvalue weighted by Crippen LogP contribution is -2.37. The molecule has 7 nitrogen and oxygen atoms in total. The Balaban J connectivity index is 1.46. The number of carbonyl (C=O) groups is 1. The molecule has 0 fully saturated rings. The first kappa shape index (κ1) is 21.1. The van der Waals surface area contributed by atoms with Crippen LogP contribution in [0.15, 0.2) is 58.6 Å². The van der Waals surface area contributed by atoms with Crippen molar-refractivity contribution in [3.8, 4) is 22.0 Å². The fourth-order valence-corrected chi connectivity index (χ4v) is 4.06. The van der Waals surface area contributed by atoms with E-state index in [2.05, 4.69) is 20.2 Å². The Morgan fingerprint density at radius 1 is 1.19 bits per heavy atom. The molecular formula is C22H20ClN5O2S. The lowest BCUT2D eigenvalue weighted by molar-refractivity contribution is -0.133. The molecule has 1 aromatic carbocycles. The molecule has 0 aliphatic rings. The van der Waals surface area contributed by atoms with Gasteiger partial charge in [-0.3, -0.25) is 9.78 Å². The summed E-state index contributed by atoms with van der Waals surface area (Å²) in [6.07, 6.45) is 3.67. The van der Waals surface area contributed by atoms with Crippen LogP contribution >= 0.6 is 22.9 Å². The van der Waals surface area contributed by atoms with E-state index in [1.54, 1.807) is 23.4 Å². The Labute approximate surface area is 188 Å². The lowest BCUT2D eigenvalue weighted by Gasteiger charge is -2.24. The van der Waals surface area contributed by atoms with Crippen molar-refractivity contribution >= 4 is 28.8 Å². The van der Waals surface area contributed by atoms with Crippen LogP contribution in [-0.2, 0) is 17.8 Å². The SMILES string of the molecule is CC(C)N(Cc1nnc(-c2ccccc2Cl)o1)C(=O)Cc1csc(-c2cccnc2)n1. The molecule has 0 N–H and O–H groups in total. The Morgan fingerprint density at radius 2 is 2.03 bits per heavy atom. The van der Waals surface area contributed by atoms with Crippen molar-refractivity contribution < 1.29 is 9.21 Å². The average Bonchev–Trinajstić information content (AvgIpc) is 3.42. The van der Waals surface area contributed by atoms with Gasteiger partial charge in [-0.05, 0) is 38.1 Å². The molecule has 4 rings (SSSR count). The van der Waals surface area contributed by atoms with Gasteiger partial charge in [-0.25, -0.2) is 4.98 Å². The summed E-state index contributed by atoms with van der Waals surface area (Å²) in [5.74, 6) is 0.624. The number of halogens is 1. The molecule has 0 aliphatic carbocycles. The van der Waals surface area contributed by atoms with Crippen LogP contribution in [0.4, 0.5) is 0 Å². The summed E-state index contributed by atoms with van der Waals surface area (Å²) in [5.41, 5.74) is 2.32. The molecule has 31 heavy (non-hydrogen) atoms. The van der Waals surface area contributed by atoms with Gasteiger partial charge in [0.15, 0.2) is 0 Å². The lowest BCUT2D eigenvalue weighted by atomic mass is 10.2. The van der Waals surface area contributed by atoms with Gasteiger partial charge in [-0.15, -0.1) is 21.5 Å². The number of amides is 1. The molecule has 0 atom stereocenters. The van der Waals surface area contributed by atoms with Crippen LogP contribution in [0.2, 0.25) is 5.02 Å².